The predicted octanol–water partition coefficient (Wildman–Crippen LogP) is 4.48. The molecular formula is C31H38ClFN6O4. The van der Waals surface area contributed by atoms with Crippen LogP contribution < -0.4 is 21.5 Å². The van der Waals surface area contributed by atoms with Gasteiger partial charge in [0.15, 0.2) is 0 Å². The van der Waals surface area contributed by atoms with Crippen LogP contribution in [-0.4, -0.2) is 70.8 Å². The molecule has 0 aliphatic carbocycles. The molecule has 230 valence electrons. The molecule has 1 saturated heterocycles. The number of likely N-dealkylation sites (tertiary alicyclic amines) is 1. The fraction of sp³-hybridized carbons (Fsp3) is 0.419. The number of hydrogen-bond acceptors (Lipinski definition) is 7. The molecule has 0 saturated carbocycles. The number of anilines is 2. The number of carbonyl (C=O) groups excluding carboxylic acids is 2. The van der Waals surface area contributed by atoms with Crippen molar-refractivity contribution in [3.8, 4) is 11.1 Å². The van der Waals surface area contributed by atoms with Crippen LogP contribution in [0.3, 0.4) is 0 Å². The van der Waals surface area contributed by atoms with E-state index >= 15 is 0 Å². The summed E-state index contributed by atoms with van der Waals surface area (Å²) >= 11 is 6.26. The second kappa shape index (κ2) is 13.2. The first kappa shape index (κ1) is 32.1. The first-order chi connectivity index (χ1) is 20.3. The van der Waals surface area contributed by atoms with E-state index in [1.54, 1.807) is 56.8 Å². The van der Waals surface area contributed by atoms with Gasteiger partial charge in [-0.3, -0.25) is 14.4 Å². The molecule has 1 fully saturated rings. The van der Waals surface area contributed by atoms with Gasteiger partial charge in [0.25, 0.3) is 17.4 Å². The number of aryl methyl sites for hydroxylation is 1. The van der Waals surface area contributed by atoms with Crippen molar-refractivity contribution in [1.29, 1.82) is 0 Å². The lowest BCUT2D eigenvalue weighted by atomic mass is 9.94. The Morgan fingerprint density at radius 2 is 1.81 bits per heavy atom. The SMILES string of the molecule is CO[C@@H](C)CNCc1cc(C(=O)Nc2cc(-c3ccc(Cl)cc3C(=O)N3CC(C)(F)C3)cc(NC(C)C)n2)c(=O)n(C)c1. The smallest absolute Gasteiger partial charge is 0.263 e. The number of ether oxygens (including phenoxy) is 1. The molecule has 1 atom stereocenters. The van der Waals surface area contributed by atoms with E-state index < -0.39 is 17.1 Å². The van der Waals surface area contributed by atoms with E-state index in [4.69, 9.17) is 16.3 Å². The van der Waals surface area contributed by atoms with Gasteiger partial charge in [0.1, 0.15) is 22.9 Å². The lowest BCUT2D eigenvalue weighted by Crippen LogP contribution is -2.59. The Hall–Kier alpha value is -3.80. The van der Waals surface area contributed by atoms with Crippen molar-refractivity contribution in [3.05, 3.63) is 74.7 Å². The highest BCUT2D eigenvalue weighted by molar-refractivity contribution is 6.31. The van der Waals surface area contributed by atoms with Crippen LogP contribution in [0.5, 0.6) is 0 Å². The van der Waals surface area contributed by atoms with Crippen molar-refractivity contribution in [2.75, 3.05) is 37.4 Å². The number of amides is 2. The van der Waals surface area contributed by atoms with Gasteiger partial charge in [0, 0.05) is 50.1 Å². The lowest BCUT2D eigenvalue weighted by Gasteiger charge is -2.42. The molecule has 3 heterocycles. The number of nitrogens with one attached hydrogen (secondary N) is 3. The molecule has 4 rings (SSSR count). The van der Waals surface area contributed by atoms with Gasteiger partial charge in [0.05, 0.1) is 19.2 Å². The molecule has 1 aromatic carbocycles. The topological polar surface area (TPSA) is 118 Å². The molecule has 0 spiro atoms. The van der Waals surface area contributed by atoms with Crippen LogP contribution in [0.25, 0.3) is 11.1 Å². The van der Waals surface area contributed by atoms with Gasteiger partial charge >= 0.3 is 0 Å². The number of carbonyl (C=O) groups is 2. The maximum Gasteiger partial charge on any atom is 0.263 e. The Bertz CT molecular complexity index is 1570. The number of aromatic nitrogens is 2. The maximum absolute atomic E-state index is 14.2. The van der Waals surface area contributed by atoms with Crippen LogP contribution in [0.1, 0.15) is 54.0 Å². The number of hydrogen-bond donors (Lipinski definition) is 3. The summed E-state index contributed by atoms with van der Waals surface area (Å²) in [5.41, 5.74) is 0.252. The van der Waals surface area contributed by atoms with Gasteiger partial charge in [-0.1, -0.05) is 17.7 Å². The number of rotatable bonds is 11. The summed E-state index contributed by atoms with van der Waals surface area (Å²) in [7, 11) is 3.22. The van der Waals surface area contributed by atoms with Crippen molar-refractivity contribution in [3.63, 3.8) is 0 Å². The highest BCUT2D eigenvalue weighted by Crippen LogP contribution is 2.33. The molecule has 0 radical (unpaired) electrons. The van der Waals surface area contributed by atoms with Gasteiger partial charge in [-0.25, -0.2) is 9.37 Å². The summed E-state index contributed by atoms with van der Waals surface area (Å²) in [5.74, 6) is -0.335. The molecule has 0 bridgehead atoms. The van der Waals surface area contributed by atoms with Crippen LogP contribution in [0, 0.1) is 0 Å². The largest absolute Gasteiger partial charge is 0.380 e. The number of alkyl halides is 1. The fourth-order valence-corrected chi connectivity index (χ4v) is 5.03. The van der Waals surface area contributed by atoms with Gasteiger partial charge in [-0.15, -0.1) is 0 Å². The van der Waals surface area contributed by atoms with Gasteiger partial charge in [-0.2, -0.15) is 0 Å². The van der Waals surface area contributed by atoms with E-state index in [1.807, 2.05) is 20.8 Å². The Balaban J connectivity index is 1.67. The third kappa shape index (κ3) is 7.98. The van der Waals surface area contributed by atoms with Crippen molar-refractivity contribution in [2.45, 2.75) is 52.1 Å². The first-order valence-electron chi connectivity index (χ1n) is 14.1. The summed E-state index contributed by atoms with van der Waals surface area (Å²) in [5, 5.41) is 9.61. The summed E-state index contributed by atoms with van der Waals surface area (Å²) in [4.78, 5) is 45.7. The van der Waals surface area contributed by atoms with Gasteiger partial charge in [0.2, 0.25) is 0 Å². The lowest BCUT2D eigenvalue weighted by molar-refractivity contribution is -0.00780. The summed E-state index contributed by atoms with van der Waals surface area (Å²) in [6, 6.07) is 9.88. The Morgan fingerprint density at radius 1 is 1.12 bits per heavy atom. The summed E-state index contributed by atoms with van der Waals surface area (Å²) in [6.07, 6.45) is 1.68. The Kier molecular flexibility index (Phi) is 9.89. The highest BCUT2D eigenvalue weighted by Gasteiger charge is 2.42. The van der Waals surface area contributed by atoms with E-state index in [9.17, 15) is 18.8 Å². The van der Waals surface area contributed by atoms with Crippen molar-refractivity contribution >= 4 is 35.1 Å². The fourth-order valence-electron chi connectivity index (χ4n) is 4.86. The normalized spacial score (nSPS) is 14.8. The molecule has 1 aliphatic rings. The minimum absolute atomic E-state index is 0.00791. The van der Waals surface area contributed by atoms with Crippen LogP contribution in [-0.2, 0) is 18.3 Å². The predicted molar refractivity (Wildman–Crippen MR) is 167 cm³/mol. The van der Waals surface area contributed by atoms with Crippen molar-refractivity contribution in [1.82, 2.24) is 19.8 Å². The monoisotopic (exact) mass is 612 g/mol. The second-order valence-electron chi connectivity index (χ2n) is 11.5. The van der Waals surface area contributed by atoms with E-state index in [0.29, 0.717) is 40.6 Å². The van der Waals surface area contributed by atoms with E-state index in [2.05, 4.69) is 20.9 Å². The zero-order valence-electron chi connectivity index (χ0n) is 25.3. The minimum Gasteiger partial charge on any atom is -0.380 e. The molecule has 0 unspecified atom stereocenters. The third-order valence-electron chi connectivity index (χ3n) is 7.00. The van der Waals surface area contributed by atoms with Gasteiger partial charge < -0.3 is 30.2 Å². The average molecular weight is 613 g/mol. The average Bonchev–Trinajstić information content (AvgIpc) is 2.92. The number of benzene rings is 1. The highest BCUT2D eigenvalue weighted by atomic mass is 35.5. The second-order valence-corrected chi connectivity index (χ2v) is 11.9. The molecule has 2 aromatic heterocycles. The summed E-state index contributed by atoms with van der Waals surface area (Å²) in [6.45, 7) is 8.29. The standard InChI is InChI=1S/C31H38ClFN6O4/c1-18(2)35-26-10-21(23-8-7-22(32)12-24(23)30(42)39-16-31(4,33)17-39)11-27(36-26)37-28(40)25-9-20(15-38(5)29(25)41)14-34-13-19(3)43-6/h7-12,15,18-19,34H,13-14,16-17H2,1-6H3,(H2,35,36,37,40)/t19-/m0/s1. The van der Waals surface area contributed by atoms with E-state index in [0.717, 1.165) is 5.56 Å². The Labute approximate surface area is 255 Å². The quantitative estimate of drug-likeness (QED) is 0.292. The molecule has 10 nitrogen and oxygen atoms in total. The Morgan fingerprint density at radius 3 is 2.47 bits per heavy atom. The van der Waals surface area contributed by atoms with E-state index in [-0.39, 0.29) is 42.5 Å². The van der Waals surface area contributed by atoms with Crippen molar-refractivity contribution in [2.24, 2.45) is 7.05 Å². The third-order valence-corrected chi connectivity index (χ3v) is 7.24. The molecular weight excluding hydrogens is 575 g/mol. The molecule has 3 aromatic rings. The van der Waals surface area contributed by atoms with Crippen LogP contribution >= 0.6 is 11.6 Å². The summed E-state index contributed by atoms with van der Waals surface area (Å²) < 4.78 is 20.8. The zero-order valence-corrected chi connectivity index (χ0v) is 26.0. The first-order valence-corrected chi connectivity index (χ1v) is 14.5. The van der Waals surface area contributed by atoms with Crippen molar-refractivity contribution < 1.29 is 18.7 Å². The van der Waals surface area contributed by atoms with Gasteiger partial charge in [-0.05, 0) is 74.7 Å². The molecule has 12 heteroatoms. The number of pyridine rings is 2. The van der Waals surface area contributed by atoms with Crippen LogP contribution in [0.4, 0.5) is 16.0 Å². The number of halogens is 2. The minimum atomic E-state index is -1.43. The number of nitrogens with zero attached hydrogens (tertiary/aromatic N) is 3. The van der Waals surface area contributed by atoms with Crippen LogP contribution in [0.2, 0.25) is 5.02 Å². The van der Waals surface area contributed by atoms with Crippen LogP contribution in [0.15, 0.2) is 47.4 Å². The van der Waals surface area contributed by atoms with E-state index in [1.165, 1.54) is 16.4 Å². The maximum atomic E-state index is 14.2. The molecule has 43 heavy (non-hydrogen) atoms. The zero-order chi connectivity index (χ0) is 31.5. The number of methoxy groups -OCH3 is 1. The molecule has 2 amide bonds. The molecule has 3 N–H and O–H groups in total. The molecule has 1 aliphatic heterocycles.